The Morgan fingerprint density at radius 1 is 1.56 bits per heavy atom. The van der Waals surface area contributed by atoms with Crippen LogP contribution < -0.4 is 5.32 Å². The highest BCUT2D eigenvalue weighted by molar-refractivity contribution is 5.10. The molecule has 1 saturated heterocycles. The highest BCUT2D eigenvalue weighted by Gasteiger charge is 2.28. The lowest BCUT2D eigenvalue weighted by molar-refractivity contribution is 0.171. The second kappa shape index (κ2) is 5.02. The van der Waals surface area contributed by atoms with E-state index in [1.165, 1.54) is 12.0 Å². The topological polar surface area (TPSA) is 26.2 Å². The van der Waals surface area contributed by atoms with E-state index in [1.54, 1.807) is 0 Å². The summed E-state index contributed by atoms with van der Waals surface area (Å²) in [6.07, 6.45) is 6.69. The lowest BCUT2D eigenvalue weighted by Gasteiger charge is -2.23. The Hall–Kier alpha value is -0.800. The van der Waals surface area contributed by atoms with Crippen LogP contribution in [0.15, 0.2) is 18.5 Å². The van der Waals surface area contributed by atoms with Crippen LogP contribution >= 0.6 is 0 Å². The average Bonchev–Trinajstić information content (AvgIpc) is 2.86. The Balaban J connectivity index is 1.84. The standard InChI is InChI=1S/C13H22N2O/c1-3-6-15-7-4-12(10-15)9-14-13(2)5-8-16-11-13/h4,7,10,14H,3,5-6,8-9,11H2,1-2H3. The lowest BCUT2D eigenvalue weighted by atomic mass is 10.0. The molecule has 3 heteroatoms. The minimum atomic E-state index is 0.173. The summed E-state index contributed by atoms with van der Waals surface area (Å²) < 4.78 is 7.68. The summed E-state index contributed by atoms with van der Waals surface area (Å²) in [5.41, 5.74) is 1.54. The molecule has 1 aliphatic heterocycles. The molecule has 16 heavy (non-hydrogen) atoms. The highest BCUT2D eigenvalue weighted by atomic mass is 16.5. The molecule has 1 aromatic heterocycles. The predicted molar refractivity (Wildman–Crippen MR) is 65.4 cm³/mol. The van der Waals surface area contributed by atoms with E-state index in [0.29, 0.717) is 0 Å². The monoisotopic (exact) mass is 222 g/mol. The fraction of sp³-hybridized carbons (Fsp3) is 0.692. The molecule has 90 valence electrons. The molecule has 0 radical (unpaired) electrons. The number of aromatic nitrogens is 1. The fourth-order valence-electron chi connectivity index (χ4n) is 2.11. The molecule has 1 aliphatic rings. The van der Waals surface area contributed by atoms with Crippen molar-refractivity contribution in [2.24, 2.45) is 0 Å². The Bertz CT molecular complexity index is 326. The number of aryl methyl sites for hydroxylation is 1. The number of nitrogens with one attached hydrogen (secondary N) is 1. The second-order valence-electron chi connectivity index (χ2n) is 4.97. The van der Waals surface area contributed by atoms with Crippen LogP contribution in [0.1, 0.15) is 32.3 Å². The van der Waals surface area contributed by atoms with E-state index in [9.17, 15) is 0 Å². The van der Waals surface area contributed by atoms with Gasteiger partial charge in [0.25, 0.3) is 0 Å². The van der Waals surface area contributed by atoms with Crippen LogP contribution in [0, 0.1) is 0 Å². The summed E-state index contributed by atoms with van der Waals surface area (Å²) in [4.78, 5) is 0. The van der Waals surface area contributed by atoms with Gasteiger partial charge in [0.15, 0.2) is 0 Å². The van der Waals surface area contributed by atoms with Crippen LogP contribution in [-0.2, 0) is 17.8 Å². The van der Waals surface area contributed by atoms with Gasteiger partial charge < -0.3 is 14.6 Å². The van der Waals surface area contributed by atoms with Crippen molar-refractivity contribution in [1.29, 1.82) is 0 Å². The van der Waals surface area contributed by atoms with Gasteiger partial charge in [-0.05, 0) is 31.4 Å². The summed E-state index contributed by atoms with van der Waals surface area (Å²) in [5.74, 6) is 0. The Kier molecular flexibility index (Phi) is 3.66. The summed E-state index contributed by atoms with van der Waals surface area (Å²) in [6, 6.07) is 2.20. The smallest absolute Gasteiger partial charge is 0.0646 e. The third-order valence-electron chi connectivity index (χ3n) is 3.23. The summed E-state index contributed by atoms with van der Waals surface area (Å²) in [5, 5.41) is 3.59. The minimum absolute atomic E-state index is 0.173. The van der Waals surface area contributed by atoms with Gasteiger partial charge in [0, 0.05) is 37.6 Å². The van der Waals surface area contributed by atoms with Gasteiger partial charge in [-0.2, -0.15) is 0 Å². The molecule has 1 aromatic rings. The first kappa shape index (κ1) is 11.7. The van der Waals surface area contributed by atoms with E-state index >= 15 is 0 Å². The van der Waals surface area contributed by atoms with Gasteiger partial charge in [0.1, 0.15) is 0 Å². The molecule has 1 unspecified atom stereocenters. The SMILES string of the molecule is CCCn1ccc(CNC2(C)CCOC2)c1. The van der Waals surface area contributed by atoms with Gasteiger partial charge in [-0.3, -0.25) is 0 Å². The van der Waals surface area contributed by atoms with Crippen molar-refractivity contribution < 1.29 is 4.74 Å². The van der Waals surface area contributed by atoms with Crippen molar-refractivity contribution in [3.63, 3.8) is 0 Å². The van der Waals surface area contributed by atoms with Crippen LogP contribution in [0.2, 0.25) is 0 Å². The number of nitrogens with zero attached hydrogens (tertiary/aromatic N) is 1. The normalized spacial score (nSPS) is 25.1. The maximum atomic E-state index is 5.42. The molecule has 0 aromatic carbocycles. The van der Waals surface area contributed by atoms with Crippen molar-refractivity contribution in [2.75, 3.05) is 13.2 Å². The van der Waals surface area contributed by atoms with E-state index in [-0.39, 0.29) is 5.54 Å². The second-order valence-corrected chi connectivity index (χ2v) is 4.97. The predicted octanol–water partition coefficient (Wildman–Crippen LogP) is 2.17. The molecule has 0 saturated carbocycles. The zero-order chi connectivity index (χ0) is 11.4. The van der Waals surface area contributed by atoms with Gasteiger partial charge in [-0.15, -0.1) is 0 Å². The average molecular weight is 222 g/mol. The van der Waals surface area contributed by atoms with E-state index in [1.807, 2.05) is 0 Å². The maximum absolute atomic E-state index is 5.42. The third kappa shape index (κ3) is 2.86. The largest absolute Gasteiger partial charge is 0.379 e. The van der Waals surface area contributed by atoms with Crippen LogP contribution in [0.25, 0.3) is 0 Å². The maximum Gasteiger partial charge on any atom is 0.0646 e. The van der Waals surface area contributed by atoms with Gasteiger partial charge >= 0.3 is 0 Å². The summed E-state index contributed by atoms with van der Waals surface area (Å²) >= 11 is 0. The highest BCUT2D eigenvalue weighted by Crippen LogP contribution is 2.18. The van der Waals surface area contributed by atoms with Gasteiger partial charge in [0.05, 0.1) is 6.61 Å². The number of hydrogen-bond donors (Lipinski definition) is 1. The molecule has 1 fully saturated rings. The minimum Gasteiger partial charge on any atom is -0.379 e. The van der Waals surface area contributed by atoms with Gasteiger partial charge in [0.2, 0.25) is 0 Å². The molecule has 0 spiro atoms. The van der Waals surface area contributed by atoms with E-state index in [4.69, 9.17) is 4.74 Å². The number of ether oxygens (including phenoxy) is 1. The molecule has 2 heterocycles. The van der Waals surface area contributed by atoms with Crippen molar-refractivity contribution >= 4 is 0 Å². The van der Waals surface area contributed by atoms with Gasteiger partial charge in [-0.1, -0.05) is 6.92 Å². The van der Waals surface area contributed by atoms with E-state index < -0.39 is 0 Å². The first-order valence-electron chi connectivity index (χ1n) is 6.19. The van der Waals surface area contributed by atoms with Crippen LogP contribution in [-0.4, -0.2) is 23.3 Å². The molecular weight excluding hydrogens is 200 g/mol. The van der Waals surface area contributed by atoms with Crippen molar-refractivity contribution in [2.45, 2.75) is 45.3 Å². The van der Waals surface area contributed by atoms with Crippen molar-refractivity contribution in [1.82, 2.24) is 9.88 Å². The molecule has 0 amide bonds. The molecule has 3 nitrogen and oxygen atoms in total. The fourth-order valence-corrected chi connectivity index (χ4v) is 2.11. The summed E-state index contributed by atoms with van der Waals surface area (Å²) in [6.45, 7) is 8.22. The molecule has 1 N–H and O–H groups in total. The quantitative estimate of drug-likeness (QED) is 0.826. The van der Waals surface area contributed by atoms with Crippen LogP contribution in [0.5, 0.6) is 0 Å². The third-order valence-corrected chi connectivity index (χ3v) is 3.23. The zero-order valence-electron chi connectivity index (χ0n) is 10.3. The molecular formula is C13H22N2O. The molecule has 2 rings (SSSR count). The number of rotatable bonds is 5. The van der Waals surface area contributed by atoms with Gasteiger partial charge in [-0.25, -0.2) is 0 Å². The Labute approximate surface area is 97.8 Å². The Morgan fingerprint density at radius 2 is 2.44 bits per heavy atom. The molecule has 1 atom stereocenters. The number of hydrogen-bond acceptors (Lipinski definition) is 2. The lowest BCUT2D eigenvalue weighted by Crippen LogP contribution is -2.42. The molecule has 0 aliphatic carbocycles. The Morgan fingerprint density at radius 3 is 3.12 bits per heavy atom. The van der Waals surface area contributed by atoms with Crippen LogP contribution in [0.4, 0.5) is 0 Å². The van der Waals surface area contributed by atoms with E-state index in [2.05, 4.69) is 42.2 Å². The van der Waals surface area contributed by atoms with Crippen LogP contribution in [0.3, 0.4) is 0 Å². The summed E-state index contributed by atoms with van der Waals surface area (Å²) in [7, 11) is 0. The zero-order valence-corrected chi connectivity index (χ0v) is 10.3. The first-order valence-corrected chi connectivity index (χ1v) is 6.19. The first-order chi connectivity index (χ1) is 7.72. The van der Waals surface area contributed by atoms with Crippen molar-refractivity contribution in [3.05, 3.63) is 24.0 Å². The van der Waals surface area contributed by atoms with E-state index in [0.717, 1.165) is 32.7 Å². The van der Waals surface area contributed by atoms with Crippen molar-refractivity contribution in [3.8, 4) is 0 Å². The molecule has 0 bridgehead atoms.